The molecule has 1 fully saturated rings. The fraction of sp³-hybridized carbons (Fsp3) is 1.00. The Bertz CT molecular complexity index is 122. The summed E-state index contributed by atoms with van der Waals surface area (Å²) in [6.45, 7) is 5.15. The first-order valence-corrected chi connectivity index (χ1v) is 5.08. The Morgan fingerprint density at radius 1 is 1.58 bits per heavy atom. The number of halogens is 1. The first-order chi connectivity index (χ1) is 5.83. The molecule has 0 radical (unpaired) electrons. The maximum absolute atomic E-state index is 5.91. The molecule has 0 aromatic heterocycles. The minimum Gasteiger partial charge on any atom is -0.381 e. The maximum atomic E-state index is 5.91. The summed E-state index contributed by atoms with van der Waals surface area (Å²) < 4.78 is 10.8. The van der Waals surface area contributed by atoms with Gasteiger partial charge in [0.15, 0.2) is 0 Å². The second-order valence-corrected chi connectivity index (χ2v) is 3.69. The van der Waals surface area contributed by atoms with Gasteiger partial charge in [0.2, 0.25) is 0 Å². The summed E-state index contributed by atoms with van der Waals surface area (Å²) in [6.07, 6.45) is 2.25. The minimum absolute atomic E-state index is 0.0931. The summed E-state index contributed by atoms with van der Waals surface area (Å²) in [5, 5.41) is 0. The van der Waals surface area contributed by atoms with Crippen LogP contribution in [0.4, 0.5) is 0 Å². The zero-order valence-corrected chi connectivity index (χ0v) is 8.40. The summed E-state index contributed by atoms with van der Waals surface area (Å²) in [6, 6.07) is 0. The molecule has 3 heteroatoms. The molecule has 0 bridgehead atoms. The first kappa shape index (κ1) is 10.3. The van der Waals surface area contributed by atoms with Crippen molar-refractivity contribution >= 4 is 11.6 Å². The molecule has 0 N–H and O–H groups in total. The second kappa shape index (κ2) is 5.05. The van der Waals surface area contributed by atoms with E-state index in [1.807, 2.05) is 6.92 Å². The number of hydrogen-bond donors (Lipinski definition) is 0. The van der Waals surface area contributed by atoms with Crippen molar-refractivity contribution in [1.29, 1.82) is 0 Å². The topological polar surface area (TPSA) is 18.5 Å². The molecule has 0 aromatic rings. The molecular weight excluding hydrogens is 176 g/mol. The van der Waals surface area contributed by atoms with Crippen molar-refractivity contribution in [3.05, 3.63) is 0 Å². The van der Waals surface area contributed by atoms with Crippen LogP contribution in [0.5, 0.6) is 0 Å². The fourth-order valence-corrected chi connectivity index (χ4v) is 1.77. The normalized spacial score (nSPS) is 30.5. The van der Waals surface area contributed by atoms with E-state index in [-0.39, 0.29) is 5.41 Å². The Balaban J connectivity index is 2.37. The van der Waals surface area contributed by atoms with E-state index in [0.717, 1.165) is 39.3 Å². The van der Waals surface area contributed by atoms with Gasteiger partial charge >= 0.3 is 0 Å². The van der Waals surface area contributed by atoms with Gasteiger partial charge in [0.05, 0.1) is 13.2 Å². The highest BCUT2D eigenvalue weighted by Gasteiger charge is 2.32. The van der Waals surface area contributed by atoms with Gasteiger partial charge in [-0.25, -0.2) is 0 Å². The Hall–Kier alpha value is 0.210. The van der Waals surface area contributed by atoms with E-state index in [0.29, 0.717) is 5.88 Å². The molecule has 2 nitrogen and oxygen atoms in total. The number of rotatable bonds is 4. The predicted molar refractivity (Wildman–Crippen MR) is 49.7 cm³/mol. The van der Waals surface area contributed by atoms with Gasteiger partial charge in [0.25, 0.3) is 0 Å². The first-order valence-electron chi connectivity index (χ1n) is 4.54. The standard InChI is InChI=1S/C9H17ClO2/c1-2-11-7-9(6-10)4-3-5-12-8-9/h2-8H2,1H3. The van der Waals surface area contributed by atoms with Gasteiger partial charge in [0, 0.05) is 24.5 Å². The molecule has 0 aromatic carbocycles. The molecule has 1 heterocycles. The van der Waals surface area contributed by atoms with Crippen molar-refractivity contribution in [3.63, 3.8) is 0 Å². The van der Waals surface area contributed by atoms with Crippen LogP contribution in [0.25, 0.3) is 0 Å². The molecule has 12 heavy (non-hydrogen) atoms. The third-order valence-corrected chi connectivity index (χ3v) is 2.87. The lowest BCUT2D eigenvalue weighted by atomic mass is 9.85. The molecule has 1 unspecified atom stereocenters. The van der Waals surface area contributed by atoms with Gasteiger partial charge in [-0.2, -0.15) is 0 Å². The van der Waals surface area contributed by atoms with Crippen LogP contribution in [0.2, 0.25) is 0 Å². The van der Waals surface area contributed by atoms with Crippen molar-refractivity contribution in [2.75, 3.05) is 32.3 Å². The van der Waals surface area contributed by atoms with E-state index in [1.54, 1.807) is 0 Å². The van der Waals surface area contributed by atoms with Crippen molar-refractivity contribution in [1.82, 2.24) is 0 Å². The smallest absolute Gasteiger partial charge is 0.0556 e. The van der Waals surface area contributed by atoms with E-state index in [2.05, 4.69) is 0 Å². The SMILES string of the molecule is CCOCC1(CCl)CCCOC1. The average Bonchev–Trinajstić information content (AvgIpc) is 2.16. The van der Waals surface area contributed by atoms with Crippen LogP contribution in [0, 0.1) is 5.41 Å². The van der Waals surface area contributed by atoms with Crippen LogP contribution in [-0.4, -0.2) is 32.3 Å². The Kier molecular flexibility index (Phi) is 4.33. The van der Waals surface area contributed by atoms with Crippen LogP contribution in [-0.2, 0) is 9.47 Å². The number of alkyl halides is 1. The lowest BCUT2D eigenvalue weighted by Gasteiger charge is -2.34. The monoisotopic (exact) mass is 192 g/mol. The van der Waals surface area contributed by atoms with Gasteiger partial charge < -0.3 is 9.47 Å². The van der Waals surface area contributed by atoms with Crippen LogP contribution in [0.3, 0.4) is 0 Å². The Morgan fingerprint density at radius 3 is 2.92 bits per heavy atom. The Morgan fingerprint density at radius 2 is 2.42 bits per heavy atom. The van der Waals surface area contributed by atoms with Crippen molar-refractivity contribution in [2.24, 2.45) is 5.41 Å². The molecule has 1 aliphatic heterocycles. The van der Waals surface area contributed by atoms with Crippen molar-refractivity contribution in [3.8, 4) is 0 Å². The van der Waals surface area contributed by atoms with Crippen LogP contribution in [0.1, 0.15) is 19.8 Å². The highest BCUT2D eigenvalue weighted by atomic mass is 35.5. The number of ether oxygens (including phenoxy) is 2. The maximum Gasteiger partial charge on any atom is 0.0556 e. The van der Waals surface area contributed by atoms with E-state index < -0.39 is 0 Å². The molecule has 0 amide bonds. The predicted octanol–water partition coefficient (Wildman–Crippen LogP) is 2.06. The summed E-state index contributed by atoms with van der Waals surface area (Å²) in [7, 11) is 0. The number of hydrogen-bond acceptors (Lipinski definition) is 2. The summed E-state index contributed by atoms with van der Waals surface area (Å²) >= 11 is 5.91. The molecule has 1 atom stereocenters. The summed E-state index contributed by atoms with van der Waals surface area (Å²) in [5.74, 6) is 0.646. The van der Waals surface area contributed by atoms with Crippen LogP contribution >= 0.6 is 11.6 Å². The molecule has 0 spiro atoms. The van der Waals surface area contributed by atoms with Gasteiger partial charge in [0.1, 0.15) is 0 Å². The van der Waals surface area contributed by atoms with Gasteiger partial charge in [-0.05, 0) is 19.8 Å². The van der Waals surface area contributed by atoms with Gasteiger partial charge in [-0.15, -0.1) is 11.6 Å². The highest BCUT2D eigenvalue weighted by molar-refractivity contribution is 6.18. The third-order valence-electron chi connectivity index (χ3n) is 2.30. The van der Waals surface area contributed by atoms with Crippen LogP contribution in [0.15, 0.2) is 0 Å². The molecule has 0 saturated carbocycles. The van der Waals surface area contributed by atoms with E-state index in [4.69, 9.17) is 21.1 Å². The van der Waals surface area contributed by atoms with E-state index in [9.17, 15) is 0 Å². The molecule has 72 valence electrons. The summed E-state index contributed by atoms with van der Waals surface area (Å²) in [4.78, 5) is 0. The zero-order valence-electron chi connectivity index (χ0n) is 7.64. The lowest BCUT2D eigenvalue weighted by molar-refractivity contribution is -0.0446. The third kappa shape index (κ3) is 2.61. The quantitative estimate of drug-likeness (QED) is 0.635. The largest absolute Gasteiger partial charge is 0.381 e. The molecule has 1 rings (SSSR count). The second-order valence-electron chi connectivity index (χ2n) is 3.43. The van der Waals surface area contributed by atoms with Crippen molar-refractivity contribution in [2.45, 2.75) is 19.8 Å². The molecule has 1 saturated heterocycles. The fourth-order valence-electron chi connectivity index (χ4n) is 1.49. The van der Waals surface area contributed by atoms with Crippen molar-refractivity contribution < 1.29 is 9.47 Å². The molecule has 0 aliphatic carbocycles. The van der Waals surface area contributed by atoms with Gasteiger partial charge in [-0.1, -0.05) is 0 Å². The minimum atomic E-state index is 0.0931. The highest BCUT2D eigenvalue weighted by Crippen LogP contribution is 2.30. The van der Waals surface area contributed by atoms with E-state index in [1.165, 1.54) is 0 Å². The zero-order chi connectivity index (χ0) is 8.86. The molecule has 1 aliphatic rings. The van der Waals surface area contributed by atoms with Crippen LogP contribution < -0.4 is 0 Å². The van der Waals surface area contributed by atoms with E-state index >= 15 is 0 Å². The Labute approximate surface area is 79.2 Å². The summed E-state index contributed by atoms with van der Waals surface area (Å²) in [5.41, 5.74) is 0.0931. The average molecular weight is 193 g/mol. The lowest BCUT2D eigenvalue weighted by Crippen LogP contribution is -2.37. The molecular formula is C9H17ClO2. The van der Waals surface area contributed by atoms with Gasteiger partial charge in [-0.3, -0.25) is 0 Å².